The summed E-state index contributed by atoms with van der Waals surface area (Å²) in [7, 11) is 0. The van der Waals surface area contributed by atoms with Crippen LogP contribution in [0.1, 0.15) is 22.6 Å². The molecular weight excluding hydrogens is 801 g/mol. The molecule has 2 aromatic heterocycles. The topological polar surface area (TPSA) is 38.4 Å². The largest absolute Gasteiger partial charge is 0.501 e. The predicted molar refractivity (Wildman–Crippen MR) is 190 cm³/mol. The Hall–Kier alpha value is -4.09. The molecule has 1 atom stereocenters. The maximum atomic E-state index is 6.28. The molecule has 0 bridgehead atoms. The summed E-state index contributed by atoms with van der Waals surface area (Å²) in [6.45, 7) is 0. The summed E-state index contributed by atoms with van der Waals surface area (Å²) >= 11 is -1.72. The smallest absolute Gasteiger partial charge is 0.120 e. The van der Waals surface area contributed by atoms with Crippen molar-refractivity contribution in [2.75, 3.05) is 0 Å². The first kappa shape index (κ1) is 31.9. The zero-order chi connectivity index (χ0) is 30.8. The summed E-state index contributed by atoms with van der Waals surface area (Å²) in [6, 6.07) is 50.2. The van der Waals surface area contributed by atoms with E-state index in [1.54, 1.807) is 0 Å². The van der Waals surface area contributed by atoms with E-state index < -0.39 is 13.3 Å². The van der Waals surface area contributed by atoms with Crippen LogP contribution in [0.15, 0.2) is 143 Å². The van der Waals surface area contributed by atoms with Gasteiger partial charge >= 0.3 is 99.8 Å². The van der Waals surface area contributed by atoms with E-state index in [4.69, 9.17) is 9.41 Å². The molecule has 0 N–H and O–H groups in total. The zero-order valence-electron chi connectivity index (χ0n) is 26.1. The third-order valence-electron chi connectivity index (χ3n) is 8.38. The molecule has 0 spiro atoms. The Balaban J connectivity index is 0.000000187. The van der Waals surface area contributed by atoms with E-state index in [9.17, 15) is 0 Å². The number of para-hydroxylation sites is 2. The van der Waals surface area contributed by atoms with Gasteiger partial charge in [0, 0.05) is 25.5 Å². The van der Waals surface area contributed by atoms with Gasteiger partial charge in [0.1, 0.15) is 5.58 Å². The molecule has 7 aromatic rings. The molecule has 1 aliphatic rings. The number of benzene rings is 5. The first-order chi connectivity index (χ1) is 22.0. The van der Waals surface area contributed by atoms with Gasteiger partial charge in [-0.1, -0.05) is 77.7 Å². The molecule has 1 unspecified atom stereocenters. The van der Waals surface area contributed by atoms with Crippen LogP contribution in [0.5, 0.6) is 0 Å². The van der Waals surface area contributed by atoms with Crippen molar-refractivity contribution in [3.8, 4) is 11.3 Å². The Kier molecular flexibility index (Phi) is 9.51. The fraction of sp³-hybridized carbons (Fsp3) is 0.122. The fourth-order valence-electron chi connectivity index (χ4n) is 5.96. The molecular formula is C41H34GeIrN2O-2. The summed E-state index contributed by atoms with van der Waals surface area (Å²) < 4.78 is 7.73. The molecule has 229 valence electrons. The van der Waals surface area contributed by atoms with E-state index in [1.807, 2.05) is 48.7 Å². The quantitative estimate of drug-likeness (QED) is 0.128. The molecule has 46 heavy (non-hydrogen) atoms. The summed E-state index contributed by atoms with van der Waals surface area (Å²) in [6.07, 6.45) is 2.94. The van der Waals surface area contributed by atoms with Crippen LogP contribution in [0.25, 0.3) is 33.2 Å². The van der Waals surface area contributed by atoms with E-state index >= 15 is 0 Å². The first-order valence-electron chi connectivity index (χ1n) is 15.4. The number of nitrogens with zero attached hydrogens (tertiary/aromatic N) is 2. The minimum absolute atomic E-state index is 0. The van der Waals surface area contributed by atoms with Crippen LogP contribution in [-0.2, 0) is 26.5 Å². The number of hydrogen-bond acceptors (Lipinski definition) is 3. The molecule has 0 amide bonds. The van der Waals surface area contributed by atoms with E-state index in [-0.39, 0.29) is 26.0 Å². The number of fused-ring (bicyclic) bond motifs is 4. The Morgan fingerprint density at radius 1 is 0.717 bits per heavy atom. The molecule has 5 aromatic carbocycles. The fourth-order valence-corrected chi connectivity index (χ4v) is 8.13. The Morgan fingerprint density at radius 2 is 1.48 bits per heavy atom. The molecule has 0 saturated carbocycles. The van der Waals surface area contributed by atoms with Gasteiger partial charge in [-0.25, -0.2) is 0 Å². The average molecular weight is 836 g/mol. The van der Waals surface area contributed by atoms with Crippen LogP contribution in [0.4, 0.5) is 5.69 Å². The summed E-state index contributed by atoms with van der Waals surface area (Å²) in [5.41, 5.74) is 9.48. The van der Waals surface area contributed by atoms with Gasteiger partial charge in [-0.3, -0.25) is 0 Å². The summed E-state index contributed by atoms with van der Waals surface area (Å²) in [5.74, 6) is 7.32. The zero-order valence-corrected chi connectivity index (χ0v) is 30.6. The van der Waals surface area contributed by atoms with Gasteiger partial charge in [0.15, 0.2) is 0 Å². The monoisotopic (exact) mass is 837 g/mol. The van der Waals surface area contributed by atoms with Gasteiger partial charge in [-0.2, -0.15) is 0 Å². The van der Waals surface area contributed by atoms with Crippen LogP contribution >= 0.6 is 0 Å². The molecule has 0 aliphatic carbocycles. The maximum absolute atomic E-state index is 6.28. The SMILES string of the molecule is [CH3][Ge]([CH3])([CH3])[c]1ccc(-c2[c-]cccc2)nc1.[Ir].[c-]1ccc2c(oc3ccccc32)c1C1=Nc2ccccc2C1Cc1ccccc1. The third kappa shape index (κ3) is 6.57. The van der Waals surface area contributed by atoms with Gasteiger partial charge in [0.2, 0.25) is 0 Å². The van der Waals surface area contributed by atoms with Crippen LogP contribution in [0, 0.1) is 12.1 Å². The number of aromatic nitrogens is 1. The number of pyridine rings is 1. The second kappa shape index (κ2) is 13.7. The second-order valence-corrected chi connectivity index (χ2v) is 23.1. The van der Waals surface area contributed by atoms with Crippen molar-refractivity contribution in [3.63, 3.8) is 0 Å². The molecule has 3 nitrogen and oxygen atoms in total. The van der Waals surface area contributed by atoms with Gasteiger partial charge in [-0.15, -0.1) is 18.2 Å². The third-order valence-corrected chi connectivity index (χ3v) is 12.6. The van der Waals surface area contributed by atoms with Crippen LogP contribution in [-0.4, -0.2) is 24.0 Å². The molecule has 3 heterocycles. The molecule has 8 rings (SSSR count). The molecule has 0 fully saturated rings. The summed E-state index contributed by atoms with van der Waals surface area (Å²) in [5, 5.41) is 2.25. The average Bonchev–Trinajstić information content (AvgIpc) is 3.64. The van der Waals surface area contributed by atoms with Crippen molar-refractivity contribution in [2.24, 2.45) is 4.99 Å². The van der Waals surface area contributed by atoms with Gasteiger partial charge in [0.25, 0.3) is 0 Å². The summed E-state index contributed by atoms with van der Waals surface area (Å²) in [4.78, 5) is 9.58. The standard InChI is InChI=1S/C27H18NO.C14H16GeN.Ir/c1-2-9-18(10-3-1)17-23-19-11-4-6-15-24(19)28-26(23)22-14-8-13-21-20-12-5-7-16-25(20)29-27(21)22;1-15(2,3)13-9-10-14(16-11-13)12-7-5-4-6-8-12;/h1-13,15-16,23H,17H2;4-7,9-11H,1-3H3;/q2*-1;. The Bertz CT molecular complexity index is 2110. The minimum Gasteiger partial charge on any atom is -0.501 e. The van der Waals surface area contributed by atoms with Gasteiger partial charge in [0.05, 0.1) is 11.3 Å². The first-order valence-corrected chi connectivity index (χ1v) is 22.8. The van der Waals surface area contributed by atoms with E-state index in [1.165, 1.54) is 15.5 Å². The second-order valence-electron chi connectivity index (χ2n) is 12.5. The van der Waals surface area contributed by atoms with E-state index in [0.717, 1.165) is 56.6 Å². The number of furan rings is 1. The maximum Gasteiger partial charge on any atom is 0.120 e. The van der Waals surface area contributed by atoms with Gasteiger partial charge < -0.3 is 9.41 Å². The number of aliphatic imine (C=N–C) groups is 1. The van der Waals surface area contributed by atoms with Crippen molar-refractivity contribution >= 4 is 51.0 Å². The molecule has 5 heteroatoms. The van der Waals surface area contributed by atoms with Crippen molar-refractivity contribution in [3.05, 3.63) is 162 Å². The predicted octanol–water partition coefficient (Wildman–Crippen LogP) is 9.94. The van der Waals surface area contributed by atoms with Crippen LogP contribution < -0.4 is 4.40 Å². The van der Waals surface area contributed by atoms with Crippen LogP contribution in [0.3, 0.4) is 0 Å². The van der Waals surface area contributed by atoms with Crippen molar-refractivity contribution in [2.45, 2.75) is 29.6 Å². The Labute approximate surface area is 287 Å². The number of hydrogen-bond donors (Lipinski definition) is 0. The Morgan fingerprint density at radius 3 is 2.24 bits per heavy atom. The van der Waals surface area contributed by atoms with E-state index in [2.05, 4.69) is 119 Å². The van der Waals surface area contributed by atoms with Gasteiger partial charge in [-0.05, 0) is 41.3 Å². The minimum atomic E-state index is -1.72. The normalized spacial score (nSPS) is 13.8. The molecule has 0 saturated heterocycles. The van der Waals surface area contributed by atoms with Crippen molar-refractivity contribution < 1.29 is 24.5 Å². The number of rotatable bonds is 5. The van der Waals surface area contributed by atoms with Crippen molar-refractivity contribution in [1.29, 1.82) is 0 Å². The van der Waals surface area contributed by atoms with Crippen LogP contribution in [0.2, 0.25) is 17.3 Å². The van der Waals surface area contributed by atoms with Crippen molar-refractivity contribution in [1.82, 2.24) is 4.98 Å². The van der Waals surface area contributed by atoms with E-state index in [0.29, 0.717) is 0 Å². The molecule has 1 aliphatic heterocycles. The molecule has 1 radical (unpaired) electrons.